The number of aryl methyl sites for hydroxylation is 1. The Labute approximate surface area is 201 Å². The predicted molar refractivity (Wildman–Crippen MR) is 138 cm³/mol. The van der Waals surface area contributed by atoms with Gasteiger partial charge in [0.1, 0.15) is 5.57 Å². The summed E-state index contributed by atoms with van der Waals surface area (Å²) in [4.78, 5) is 29.6. The third-order valence-corrected chi connectivity index (χ3v) is 6.83. The smallest absolute Gasteiger partial charge is 0.270 e. The van der Waals surface area contributed by atoms with E-state index in [-0.39, 0.29) is 16.2 Å². The van der Waals surface area contributed by atoms with Crippen LogP contribution in [-0.4, -0.2) is 29.5 Å². The Bertz CT molecular complexity index is 1250. The van der Waals surface area contributed by atoms with Gasteiger partial charge in [0.05, 0.1) is 11.2 Å². The molecule has 164 valence electrons. The van der Waals surface area contributed by atoms with E-state index >= 15 is 0 Å². The van der Waals surface area contributed by atoms with Gasteiger partial charge in [-0.1, -0.05) is 28.1 Å². The zero-order valence-electron chi connectivity index (χ0n) is 18.6. The number of carbonyl (C=O) groups is 2. The van der Waals surface area contributed by atoms with E-state index < -0.39 is 11.8 Å². The van der Waals surface area contributed by atoms with Gasteiger partial charge in [-0.3, -0.25) is 19.8 Å². The lowest BCUT2D eigenvalue weighted by Crippen LogP contribution is -2.54. The fraction of sp³-hybridized carbons (Fsp3) is 0.240. The molecule has 1 saturated heterocycles. The lowest BCUT2D eigenvalue weighted by Gasteiger charge is -2.40. The number of carbonyl (C=O) groups excluding carboxylic acids is 2. The molecule has 0 spiro atoms. The van der Waals surface area contributed by atoms with Crippen molar-refractivity contribution >= 4 is 68.1 Å². The summed E-state index contributed by atoms with van der Waals surface area (Å²) >= 11 is 8.76. The topological polar surface area (TPSA) is 52.7 Å². The first kappa shape index (κ1) is 22.4. The number of anilines is 2. The van der Waals surface area contributed by atoms with Gasteiger partial charge in [0.2, 0.25) is 0 Å². The second-order valence-electron chi connectivity index (χ2n) is 8.71. The summed E-state index contributed by atoms with van der Waals surface area (Å²) < 4.78 is 0.902. The number of likely N-dealkylation sites (N-methyl/N-ethyl adjacent to an activating group) is 1. The second kappa shape index (κ2) is 7.98. The van der Waals surface area contributed by atoms with Gasteiger partial charge in [0, 0.05) is 22.8 Å². The van der Waals surface area contributed by atoms with Crippen LogP contribution in [0.15, 0.2) is 52.5 Å². The molecule has 2 aromatic carbocycles. The molecule has 2 aliphatic rings. The molecule has 7 heteroatoms. The van der Waals surface area contributed by atoms with Crippen LogP contribution in [0.3, 0.4) is 0 Å². The highest BCUT2D eigenvalue weighted by atomic mass is 79.9. The molecule has 2 aromatic rings. The highest BCUT2D eigenvalue weighted by Gasteiger charge is 2.35. The lowest BCUT2D eigenvalue weighted by atomic mass is 9.88. The van der Waals surface area contributed by atoms with Crippen molar-refractivity contribution in [2.75, 3.05) is 16.8 Å². The molecule has 1 fully saturated rings. The van der Waals surface area contributed by atoms with Crippen LogP contribution in [0.1, 0.15) is 37.5 Å². The normalized spacial score (nSPS) is 19.1. The summed E-state index contributed by atoms with van der Waals surface area (Å²) in [7, 11) is 2.07. The van der Waals surface area contributed by atoms with Crippen molar-refractivity contribution in [3.05, 3.63) is 69.2 Å². The van der Waals surface area contributed by atoms with Crippen LogP contribution in [0.4, 0.5) is 11.4 Å². The molecule has 0 unspecified atom stereocenters. The number of nitrogens with zero attached hydrogens (tertiary/aromatic N) is 2. The van der Waals surface area contributed by atoms with Gasteiger partial charge in [-0.05, 0) is 93.0 Å². The maximum Gasteiger partial charge on any atom is 0.270 e. The molecule has 0 atom stereocenters. The van der Waals surface area contributed by atoms with E-state index in [2.05, 4.69) is 60.0 Å². The summed E-state index contributed by atoms with van der Waals surface area (Å²) in [6, 6.07) is 11.5. The van der Waals surface area contributed by atoms with E-state index in [9.17, 15) is 9.59 Å². The number of allylic oxidation sites excluding steroid dienone is 1. The molecule has 0 saturated carbocycles. The van der Waals surface area contributed by atoms with Gasteiger partial charge >= 0.3 is 0 Å². The number of benzene rings is 2. The summed E-state index contributed by atoms with van der Waals surface area (Å²) in [6.45, 7) is 8.32. The fourth-order valence-corrected chi connectivity index (χ4v) is 4.93. The van der Waals surface area contributed by atoms with E-state index in [0.29, 0.717) is 5.69 Å². The zero-order valence-corrected chi connectivity index (χ0v) is 21.0. The number of fused-ring (bicyclic) bond motifs is 1. The van der Waals surface area contributed by atoms with Crippen molar-refractivity contribution in [2.45, 2.75) is 33.2 Å². The minimum Gasteiger partial charge on any atom is -0.366 e. The van der Waals surface area contributed by atoms with Gasteiger partial charge in [-0.2, -0.15) is 0 Å². The van der Waals surface area contributed by atoms with Gasteiger partial charge in [0.15, 0.2) is 5.11 Å². The molecule has 2 aliphatic heterocycles. The quantitative estimate of drug-likeness (QED) is 0.342. The maximum atomic E-state index is 13.4. The molecule has 0 radical (unpaired) electrons. The molecular weight excluding hydrogens is 486 g/mol. The van der Waals surface area contributed by atoms with E-state index in [0.717, 1.165) is 32.4 Å². The van der Waals surface area contributed by atoms with Gasteiger partial charge in [-0.15, -0.1) is 0 Å². The first-order valence-electron chi connectivity index (χ1n) is 10.2. The van der Waals surface area contributed by atoms with Crippen LogP contribution in [0.25, 0.3) is 11.6 Å². The van der Waals surface area contributed by atoms with E-state index in [4.69, 9.17) is 12.2 Å². The molecule has 1 N–H and O–H groups in total. The number of hydrogen-bond acceptors (Lipinski definition) is 4. The Kier molecular flexibility index (Phi) is 5.59. The molecule has 0 aliphatic carbocycles. The highest BCUT2D eigenvalue weighted by molar-refractivity contribution is 9.10. The SMILES string of the molecule is CC1=CC(C)(C)N(C)c2ccc(/C=C3/C(=O)NC(=S)N(c4ccc(Br)cc4C)C3=O)cc21. The second-order valence-corrected chi connectivity index (χ2v) is 10.0. The number of hydrogen-bond donors (Lipinski definition) is 1. The molecule has 5 nitrogen and oxygen atoms in total. The standard InChI is InChI=1S/C25H24BrN3O2S/c1-14-10-17(26)7-9-20(14)29-23(31)19(22(30)27-24(29)32)12-16-6-8-21-18(11-16)15(2)13-25(3,4)28(21)5/h6-13H,1-5H3,(H,27,30,32)/b19-12-. The first-order chi connectivity index (χ1) is 15.0. The Hall–Kier alpha value is -2.77. The van der Waals surface area contributed by atoms with Crippen LogP contribution in [0, 0.1) is 6.92 Å². The minimum absolute atomic E-state index is 0.0481. The van der Waals surface area contributed by atoms with Crippen molar-refractivity contribution in [3.8, 4) is 0 Å². The first-order valence-corrected chi connectivity index (χ1v) is 11.4. The summed E-state index contributed by atoms with van der Waals surface area (Å²) in [5.74, 6) is -0.929. The average molecular weight is 510 g/mol. The number of amides is 2. The summed E-state index contributed by atoms with van der Waals surface area (Å²) in [6.07, 6.45) is 3.86. The van der Waals surface area contributed by atoms with Crippen LogP contribution in [-0.2, 0) is 9.59 Å². The molecule has 0 aromatic heterocycles. The number of thiocarbonyl (C=S) groups is 1. The van der Waals surface area contributed by atoms with Crippen LogP contribution < -0.4 is 15.1 Å². The lowest BCUT2D eigenvalue weighted by molar-refractivity contribution is -0.122. The zero-order chi connectivity index (χ0) is 23.4. The van der Waals surface area contributed by atoms with E-state index in [1.54, 1.807) is 6.08 Å². The van der Waals surface area contributed by atoms with Gasteiger partial charge in [0.25, 0.3) is 11.8 Å². The van der Waals surface area contributed by atoms with Gasteiger partial charge in [-0.25, -0.2) is 0 Å². The Balaban J connectivity index is 1.75. The van der Waals surface area contributed by atoms with E-state index in [1.807, 2.05) is 43.3 Å². The monoisotopic (exact) mass is 509 g/mol. The molecule has 2 heterocycles. The third-order valence-electron chi connectivity index (χ3n) is 6.05. The number of halogens is 1. The number of nitrogens with one attached hydrogen (secondary N) is 1. The van der Waals surface area contributed by atoms with Crippen LogP contribution in [0.5, 0.6) is 0 Å². The largest absolute Gasteiger partial charge is 0.366 e. The molecule has 2 amide bonds. The molecule has 0 bridgehead atoms. The van der Waals surface area contributed by atoms with E-state index in [1.165, 1.54) is 4.90 Å². The van der Waals surface area contributed by atoms with Crippen LogP contribution >= 0.6 is 28.1 Å². The third kappa shape index (κ3) is 3.80. The highest BCUT2D eigenvalue weighted by Crippen LogP contribution is 2.38. The fourth-order valence-electron chi connectivity index (χ4n) is 4.18. The van der Waals surface area contributed by atoms with Crippen LogP contribution in [0.2, 0.25) is 0 Å². The summed E-state index contributed by atoms with van der Waals surface area (Å²) in [5, 5.41) is 2.74. The van der Waals surface area contributed by atoms with Crippen molar-refractivity contribution < 1.29 is 9.59 Å². The number of rotatable bonds is 2. The van der Waals surface area contributed by atoms with Crippen molar-refractivity contribution in [3.63, 3.8) is 0 Å². The minimum atomic E-state index is -0.491. The predicted octanol–water partition coefficient (Wildman–Crippen LogP) is 5.22. The Morgan fingerprint density at radius 1 is 1.06 bits per heavy atom. The van der Waals surface area contributed by atoms with Crippen molar-refractivity contribution in [1.82, 2.24) is 5.32 Å². The Morgan fingerprint density at radius 3 is 2.44 bits per heavy atom. The molecular formula is C25H24BrN3O2S. The average Bonchev–Trinajstić information content (AvgIpc) is 2.70. The van der Waals surface area contributed by atoms with Crippen molar-refractivity contribution in [1.29, 1.82) is 0 Å². The maximum absolute atomic E-state index is 13.4. The molecule has 4 rings (SSSR count). The summed E-state index contributed by atoms with van der Waals surface area (Å²) in [5.41, 5.74) is 5.61. The molecule has 32 heavy (non-hydrogen) atoms. The van der Waals surface area contributed by atoms with Crippen molar-refractivity contribution in [2.24, 2.45) is 0 Å². The van der Waals surface area contributed by atoms with Gasteiger partial charge < -0.3 is 4.90 Å². The Morgan fingerprint density at radius 2 is 1.75 bits per heavy atom.